The van der Waals surface area contributed by atoms with Crippen LogP contribution in [0.5, 0.6) is 17.2 Å². The quantitative estimate of drug-likeness (QED) is 0.813. The van der Waals surface area contributed by atoms with Crippen LogP contribution in [-0.2, 0) is 13.0 Å². The van der Waals surface area contributed by atoms with Crippen LogP contribution < -0.4 is 14.2 Å². The Morgan fingerprint density at radius 3 is 1.96 bits per heavy atom. The number of aliphatic hydroxyl groups is 1. The molecule has 2 aromatic carbocycles. The van der Waals surface area contributed by atoms with Gasteiger partial charge in [-0.3, -0.25) is 0 Å². The standard InChI is InChI=1S/C19H18N2O4/c1-12-4-14(18(24-10-20)16(6-12)9-22)8-15-5-13(2)7-17(23-3)19(15)25-11-21/h4-7,22H,8-9H2,1-3H3. The molecule has 25 heavy (non-hydrogen) atoms. The summed E-state index contributed by atoms with van der Waals surface area (Å²) >= 11 is 0. The average molecular weight is 338 g/mol. The lowest BCUT2D eigenvalue weighted by Crippen LogP contribution is -2.02. The Morgan fingerprint density at radius 1 is 0.880 bits per heavy atom. The van der Waals surface area contributed by atoms with Crippen molar-refractivity contribution in [3.63, 3.8) is 0 Å². The van der Waals surface area contributed by atoms with Crippen LogP contribution in [-0.4, -0.2) is 12.2 Å². The van der Waals surface area contributed by atoms with E-state index in [0.717, 1.165) is 16.7 Å². The fraction of sp³-hybridized carbons (Fsp3) is 0.263. The Hall–Kier alpha value is -3.22. The number of aliphatic hydroxyl groups excluding tert-OH is 1. The summed E-state index contributed by atoms with van der Waals surface area (Å²) in [4.78, 5) is 0. The molecule has 6 nitrogen and oxygen atoms in total. The first-order valence-corrected chi connectivity index (χ1v) is 7.56. The van der Waals surface area contributed by atoms with Gasteiger partial charge in [-0.05, 0) is 31.5 Å². The summed E-state index contributed by atoms with van der Waals surface area (Å²) in [5.41, 5.74) is 3.82. The van der Waals surface area contributed by atoms with Crippen LogP contribution in [0.15, 0.2) is 24.3 Å². The molecule has 0 aliphatic heterocycles. The fourth-order valence-electron chi connectivity index (χ4n) is 2.82. The molecule has 0 atom stereocenters. The van der Waals surface area contributed by atoms with E-state index in [0.29, 0.717) is 34.8 Å². The van der Waals surface area contributed by atoms with Gasteiger partial charge in [-0.25, -0.2) is 0 Å². The highest BCUT2D eigenvalue weighted by Gasteiger charge is 2.18. The zero-order valence-corrected chi connectivity index (χ0v) is 14.3. The maximum Gasteiger partial charge on any atom is 0.292 e. The van der Waals surface area contributed by atoms with Gasteiger partial charge in [-0.15, -0.1) is 10.5 Å². The van der Waals surface area contributed by atoms with Gasteiger partial charge in [0, 0.05) is 23.1 Å². The van der Waals surface area contributed by atoms with Crippen LogP contribution in [0.2, 0.25) is 0 Å². The maximum atomic E-state index is 9.55. The Morgan fingerprint density at radius 2 is 1.40 bits per heavy atom. The number of methoxy groups -OCH3 is 1. The second-order valence-corrected chi connectivity index (χ2v) is 5.59. The van der Waals surface area contributed by atoms with Gasteiger partial charge in [0.1, 0.15) is 0 Å². The summed E-state index contributed by atoms with van der Waals surface area (Å²) in [6.07, 6.45) is 3.68. The molecule has 0 heterocycles. The predicted molar refractivity (Wildman–Crippen MR) is 90.1 cm³/mol. The lowest BCUT2D eigenvalue weighted by molar-refractivity contribution is 0.276. The van der Waals surface area contributed by atoms with Crippen molar-refractivity contribution in [2.75, 3.05) is 7.11 Å². The van der Waals surface area contributed by atoms with Gasteiger partial charge in [-0.2, -0.15) is 0 Å². The summed E-state index contributed by atoms with van der Waals surface area (Å²) in [6, 6.07) is 7.29. The number of rotatable bonds is 6. The van der Waals surface area contributed by atoms with Crippen LogP contribution in [0.25, 0.3) is 0 Å². The van der Waals surface area contributed by atoms with E-state index in [1.54, 1.807) is 24.6 Å². The molecule has 0 aromatic heterocycles. The number of aryl methyl sites for hydroxylation is 2. The summed E-state index contributed by atoms with van der Waals surface area (Å²) in [7, 11) is 1.50. The monoisotopic (exact) mass is 338 g/mol. The molecule has 1 N–H and O–H groups in total. The first kappa shape index (κ1) is 18.1. The molecule has 0 unspecified atom stereocenters. The van der Waals surface area contributed by atoms with E-state index in [1.165, 1.54) is 7.11 Å². The molecule has 0 spiro atoms. The number of benzene rings is 2. The van der Waals surface area contributed by atoms with Crippen molar-refractivity contribution >= 4 is 0 Å². The second-order valence-electron chi connectivity index (χ2n) is 5.59. The molecular formula is C19H18N2O4. The third kappa shape index (κ3) is 4.00. The highest BCUT2D eigenvalue weighted by atomic mass is 16.5. The van der Waals surface area contributed by atoms with Gasteiger partial charge >= 0.3 is 0 Å². The van der Waals surface area contributed by atoms with Gasteiger partial charge in [0.25, 0.3) is 12.5 Å². The largest absolute Gasteiger partial charge is 0.493 e. The van der Waals surface area contributed by atoms with Gasteiger partial charge in [0.05, 0.1) is 13.7 Å². The number of ether oxygens (including phenoxy) is 3. The Kier molecular flexibility index (Phi) is 5.84. The smallest absolute Gasteiger partial charge is 0.292 e. The Balaban J connectivity index is 2.60. The molecular weight excluding hydrogens is 320 g/mol. The van der Waals surface area contributed by atoms with Crippen LogP contribution >= 0.6 is 0 Å². The van der Waals surface area contributed by atoms with Crippen molar-refractivity contribution in [1.82, 2.24) is 0 Å². The van der Waals surface area contributed by atoms with E-state index in [4.69, 9.17) is 24.7 Å². The summed E-state index contributed by atoms with van der Waals surface area (Å²) in [5, 5.41) is 27.4. The van der Waals surface area contributed by atoms with Crippen molar-refractivity contribution < 1.29 is 19.3 Å². The van der Waals surface area contributed by atoms with E-state index in [1.807, 2.05) is 26.0 Å². The molecule has 128 valence electrons. The van der Waals surface area contributed by atoms with E-state index >= 15 is 0 Å². The fourth-order valence-corrected chi connectivity index (χ4v) is 2.82. The number of hydrogen-bond donors (Lipinski definition) is 1. The summed E-state index contributed by atoms with van der Waals surface area (Å²) in [6.45, 7) is 3.55. The molecule has 0 amide bonds. The molecule has 0 aliphatic rings. The van der Waals surface area contributed by atoms with E-state index in [9.17, 15) is 5.11 Å². The molecule has 6 heteroatoms. The normalized spacial score (nSPS) is 9.84. The van der Waals surface area contributed by atoms with Crippen LogP contribution in [0.4, 0.5) is 0 Å². The van der Waals surface area contributed by atoms with Gasteiger partial charge in [0.2, 0.25) is 0 Å². The van der Waals surface area contributed by atoms with Crippen molar-refractivity contribution in [2.24, 2.45) is 0 Å². The third-order valence-corrected chi connectivity index (χ3v) is 3.73. The molecule has 0 radical (unpaired) electrons. The van der Waals surface area contributed by atoms with E-state index < -0.39 is 0 Å². The topological polar surface area (TPSA) is 95.5 Å². The zero-order chi connectivity index (χ0) is 18.4. The Labute approximate surface area is 146 Å². The van der Waals surface area contributed by atoms with E-state index in [2.05, 4.69) is 0 Å². The predicted octanol–water partition coefficient (Wildman–Crippen LogP) is 3.11. The summed E-state index contributed by atoms with van der Waals surface area (Å²) < 4.78 is 15.5. The highest BCUT2D eigenvalue weighted by Crippen LogP contribution is 2.36. The molecule has 2 rings (SSSR count). The minimum Gasteiger partial charge on any atom is -0.493 e. The minimum atomic E-state index is -0.246. The van der Waals surface area contributed by atoms with Crippen molar-refractivity contribution in [1.29, 1.82) is 10.5 Å². The zero-order valence-electron chi connectivity index (χ0n) is 14.3. The maximum absolute atomic E-state index is 9.55. The average Bonchev–Trinajstić information content (AvgIpc) is 2.59. The molecule has 0 fully saturated rings. The third-order valence-electron chi connectivity index (χ3n) is 3.73. The highest BCUT2D eigenvalue weighted by molar-refractivity contribution is 5.54. The Bertz CT molecular complexity index is 792. The summed E-state index contributed by atoms with van der Waals surface area (Å²) in [5.74, 6) is 1.10. The van der Waals surface area contributed by atoms with Gasteiger partial charge in [-0.1, -0.05) is 17.7 Å². The first-order valence-electron chi connectivity index (χ1n) is 7.56. The molecule has 0 saturated heterocycles. The molecule has 2 aromatic rings. The first-order chi connectivity index (χ1) is 12.0. The lowest BCUT2D eigenvalue weighted by Gasteiger charge is -2.15. The SMILES string of the molecule is COc1cc(C)cc(Cc2cc(C)cc(CO)c2OC#N)c1OC#N. The van der Waals surface area contributed by atoms with Crippen LogP contribution in [0, 0.1) is 36.9 Å². The molecule has 0 aliphatic carbocycles. The van der Waals surface area contributed by atoms with Crippen molar-refractivity contribution in [3.05, 3.63) is 52.1 Å². The van der Waals surface area contributed by atoms with Gasteiger partial charge < -0.3 is 19.3 Å². The van der Waals surface area contributed by atoms with Gasteiger partial charge in [0.15, 0.2) is 17.2 Å². The molecule has 0 bridgehead atoms. The number of nitrogens with zero attached hydrogens (tertiary/aromatic N) is 2. The number of hydrogen-bond acceptors (Lipinski definition) is 6. The lowest BCUT2D eigenvalue weighted by atomic mass is 9.97. The second kappa shape index (κ2) is 8.05. The van der Waals surface area contributed by atoms with Crippen molar-refractivity contribution in [2.45, 2.75) is 26.9 Å². The molecule has 0 saturated carbocycles. The van der Waals surface area contributed by atoms with E-state index in [-0.39, 0.29) is 6.61 Å². The van der Waals surface area contributed by atoms with Crippen LogP contribution in [0.3, 0.4) is 0 Å². The minimum absolute atomic E-state index is 0.246. The van der Waals surface area contributed by atoms with Crippen LogP contribution in [0.1, 0.15) is 27.8 Å². The number of nitriles is 2. The van der Waals surface area contributed by atoms with Crippen molar-refractivity contribution in [3.8, 4) is 29.8 Å².